The lowest BCUT2D eigenvalue weighted by Crippen LogP contribution is -2.41. The maximum atomic E-state index is 13.6. The summed E-state index contributed by atoms with van der Waals surface area (Å²) in [6.45, 7) is 0.884. The van der Waals surface area contributed by atoms with Crippen LogP contribution in [0.2, 0.25) is 0 Å². The zero-order chi connectivity index (χ0) is 34.5. The summed E-state index contributed by atoms with van der Waals surface area (Å²) in [5.41, 5.74) is 10.6. The van der Waals surface area contributed by atoms with Gasteiger partial charge < -0.3 is 31.2 Å². The van der Waals surface area contributed by atoms with Crippen LogP contribution in [0.15, 0.2) is 97.1 Å². The minimum Gasteiger partial charge on any atom is -0.496 e. The predicted octanol–water partition coefficient (Wildman–Crippen LogP) is 5.80. The van der Waals surface area contributed by atoms with E-state index in [-0.39, 0.29) is 18.9 Å². The zero-order valence-electron chi connectivity index (χ0n) is 27.0. The molecule has 0 unspecified atom stereocenters. The maximum Gasteiger partial charge on any atom is 0.261 e. The number of rotatable bonds is 12. The van der Waals surface area contributed by atoms with E-state index < -0.39 is 17.7 Å². The highest BCUT2D eigenvalue weighted by Gasteiger charge is 2.33. The third-order valence-electron chi connectivity index (χ3n) is 8.35. The molecule has 1 heterocycles. The minimum atomic E-state index is -0.458. The fourth-order valence-electron chi connectivity index (χ4n) is 5.90. The number of para-hydroxylation sites is 1. The number of anilines is 3. The molecule has 0 saturated carbocycles. The smallest absolute Gasteiger partial charge is 0.261 e. The van der Waals surface area contributed by atoms with Gasteiger partial charge in [0.05, 0.1) is 25.5 Å². The molecule has 5 N–H and O–H groups in total. The Balaban J connectivity index is 1.11. The van der Waals surface area contributed by atoms with E-state index in [0.29, 0.717) is 58.0 Å². The third-order valence-corrected chi connectivity index (χ3v) is 8.35. The second-order valence-electron chi connectivity index (χ2n) is 11.4. The van der Waals surface area contributed by atoms with Crippen molar-refractivity contribution in [1.82, 2.24) is 4.90 Å². The van der Waals surface area contributed by atoms with Gasteiger partial charge in [-0.3, -0.25) is 24.1 Å². The van der Waals surface area contributed by atoms with Crippen LogP contribution < -0.4 is 31.2 Å². The Morgan fingerprint density at radius 1 is 0.735 bits per heavy atom. The van der Waals surface area contributed by atoms with Gasteiger partial charge in [0.25, 0.3) is 17.7 Å². The van der Waals surface area contributed by atoms with Crippen molar-refractivity contribution in [2.75, 3.05) is 36.7 Å². The quantitative estimate of drug-likeness (QED) is 0.123. The van der Waals surface area contributed by atoms with E-state index in [1.54, 1.807) is 60.7 Å². The Hall–Kier alpha value is -6.20. The summed E-state index contributed by atoms with van der Waals surface area (Å²) in [5, 5.41) is 10.4. The summed E-state index contributed by atoms with van der Waals surface area (Å²) in [6.07, 6.45) is -0.126. The highest BCUT2D eigenvalue weighted by atomic mass is 16.5. The lowest BCUT2D eigenvalue weighted by atomic mass is 9.93. The molecule has 0 bridgehead atoms. The topological polar surface area (TPSA) is 152 Å². The van der Waals surface area contributed by atoms with Crippen LogP contribution >= 0.6 is 0 Å². The summed E-state index contributed by atoms with van der Waals surface area (Å²) in [5.74, 6) is -0.959. The molecule has 0 aromatic heterocycles. The molecule has 11 nitrogen and oxygen atoms in total. The van der Waals surface area contributed by atoms with E-state index in [1.807, 2.05) is 36.4 Å². The standard InChI is InChI=1S/C38H35N5O6/c1-48-32-12-4-3-9-27(32)36(45)42-31-15-13-25(20-33(31)49-2)41-34(44)17-18-43-37(46)28-11-6-10-26-30(16-14-29(35(26)28)38(43)47)40-22-24-8-5-7-23(19-24)21-39/h3-16,19-20,40H,17-18,21-22,39H2,1-2H3,(H,41,44)(H,42,45). The summed E-state index contributed by atoms with van der Waals surface area (Å²) in [7, 11) is 2.94. The molecular formula is C38H35N5O6. The Kier molecular flexibility index (Phi) is 9.54. The molecular weight excluding hydrogens is 622 g/mol. The van der Waals surface area contributed by atoms with Gasteiger partial charge in [-0.1, -0.05) is 48.5 Å². The van der Waals surface area contributed by atoms with Crippen molar-refractivity contribution < 1.29 is 28.7 Å². The highest BCUT2D eigenvalue weighted by Crippen LogP contribution is 2.35. The predicted molar refractivity (Wildman–Crippen MR) is 188 cm³/mol. The Labute approximate surface area is 283 Å². The van der Waals surface area contributed by atoms with Gasteiger partial charge in [-0.15, -0.1) is 0 Å². The van der Waals surface area contributed by atoms with Gasteiger partial charge in [0, 0.05) is 65.4 Å². The Bertz CT molecular complexity index is 2070. The first kappa shape index (κ1) is 32.7. The van der Waals surface area contributed by atoms with Crippen LogP contribution in [-0.2, 0) is 17.9 Å². The lowest BCUT2D eigenvalue weighted by molar-refractivity contribution is -0.116. The first-order chi connectivity index (χ1) is 23.8. The summed E-state index contributed by atoms with van der Waals surface area (Å²) in [4.78, 5) is 54.2. The number of amides is 4. The van der Waals surface area contributed by atoms with E-state index in [0.717, 1.165) is 27.1 Å². The first-order valence-electron chi connectivity index (χ1n) is 15.7. The SMILES string of the molecule is COc1cc(NC(=O)CCN2C(=O)c3cccc4c(NCc5cccc(CN)c5)ccc(c34)C2=O)ccc1NC(=O)c1ccccc1OC. The molecule has 0 atom stereocenters. The molecule has 0 fully saturated rings. The van der Waals surface area contributed by atoms with Gasteiger partial charge in [-0.2, -0.15) is 0 Å². The highest BCUT2D eigenvalue weighted by molar-refractivity contribution is 6.26. The molecule has 248 valence electrons. The summed E-state index contributed by atoms with van der Waals surface area (Å²) < 4.78 is 10.7. The molecule has 4 amide bonds. The molecule has 0 spiro atoms. The zero-order valence-corrected chi connectivity index (χ0v) is 27.0. The molecule has 0 saturated heterocycles. The molecule has 5 aromatic rings. The van der Waals surface area contributed by atoms with Crippen LogP contribution in [0.25, 0.3) is 10.8 Å². The fourth-order valence-corrected chi connectivity index (χ4v) is 5.90. The Morgan fingerprint density at radius 3 is 2.22 bits per heavy atom. The largest absolute Gasteiger partial charge is 0.496 e. The van der Waals surface area contributed by atoms with Crippen molar-refractivity contribution in [2.45, 2.75) is 19.5 Å². The number of benzene rings is 5. The molecule has 1 aliphatic heterocycles. The van der Waals surface area contributed by atoms with Crippen molar-refractivity contribution in [2.24, 2.45) is 5.73 Å². The number of carbonyl (C=O) groups excluding carboxylic acids is 4. The van der Waals surface area contributed by atoms with Gasteiger partial charge in [0.2, 0.25) is 5.91 Å². The van der Waals surface area contributed by atoms with Gasteiger partial charge >= 0.3 is 0 Å². The summed E-state index contributed by atoms with van der Waals surface area (Å²) in [6, 6.07) is 28.5. The van der Waals surface area contributed by atoms with E-state index in [2.05, 4.69) is 16.0 Å². The molecule has 0 aliphatic carbocycles. The van der Waals surface area contributed by atoms with Crippen LogP contribution in [0.4, 0.5) is 17.1 Å². The molecule has 49 heavy (non-hydrogen) atoms. The van der Waals surface area contributed by atoms with Gasteiger partial charge in [-0.05, 0) is 53.6 Å². The van der Waals surface area contributed by atoms with Gasteiger partial charge in [0.15, 0.2) is 0 Å². The Morgan fingerprint density at radius 2 is 1.45 bits per heavy atom. The van der Waals surface area contributed by atoms with Crippen molar-refractivity contribution in [3.63, 3.8) is 0 Å². The van der Waals surface area contributed by atoms with E-state index in [9.17, 15) is 19.2 Å². The van der Waals surface area contributed by atoms with E-state index in [4.69, 9.17) is 15.2 Å². The van der Waals surface area contributed by atoms with Crippen LogP contribution in [-0.4, -0.2) is 49.3 Å². The van der Waals surface area contributed by atoms with Gasteiger partial charge in [-0.25, -0.2) is 0 Å². The van der Waals surface area contributed by atoms with Crippen LogP contribution in [0.3, 0.4) is 0 Å². The molecule has 0 radical (unpaired) electrons. The second-order valence-corrected chi connectivity index (χ2v) is 11.4. The fraction of sp³-hybridized carbons (Fsp3) is 0.158. The maximum absolute atomic E-state index is 13.6. The molecule has 1 aliphatic rings. The number of imide groups is 1. The second kappa shape index (κ2) is 14.3. The lowest BCUT2D eigenvalue weighted by Gasteiger charge is -2.27. The number of nitrogens with one attached hydrogen (secondary N) is 3. The van der Waals surface area contributed by atoms with Crippen LogP contribution in [0.5, 0.6) is 11.5 Å². The number of hydrogen-bond donors (Lipinski definition) is 4. The number of nitrogens with zero attached hydrogens (tertiary/aromatic N) is 1. The monoisotopic (exact) mass is 657 g/mol. The number of nitrogens with two attached hydrogens (primary N) is 1. The number of methoxy groups -OCH3 is 2. The summed E-state index contributed by atoms with van der Waals surface area (Å²) >= 11 is 0. The average Bonchev–Trinajstić information content (AvgIpc) is 3.13. The van der Waals surface area contributed by atoms with Crippen molar-refractivity contribution in [3.8, 4) is 11.5 Å². The van der Waals surface area contributed by atoms with Crippen molar-refractivity contribution in [1.29, 1.82) is 0 Å². The van der Waals surface area contributed by atoms with Crippen LogP contribution in [0, 0.1) is 0 Å². The van der Waals surface area contributed by atoms with Crippen molar-refractivity contribution in [3.05, 3.63) is 125 Å². The number of ether oxygens (including phenoxy) is 2. The van der Waals surface area contributed by atoms with Crippen LogP contribution in [0.1, 0.15) is 48.6 Å². The van der Waals surface area contributed by atoms with Crippen molar-refractivity contribution >= 4 is 51.5 Å². The third kappa shape index (κ3) is 6.78. The molecule has 11 heteroatoms. The average molecular weight is 658 g/mol. The number of carbonyl (C=O) groups is 4. The minimum absolute atomic E-state index is 0.110. The molecule has 6 rings (SSSR count). The number of hydrogen-bond acceptors (Lipinski definition) is 8. The van der Waals surface area contributed by atoms with E-state index in [1.165, 1.54) is 14.2 Å². The van der Waals surface area contributed by atoms with E-state index >= 15 is 0 Å². The normalized spacial score (nSPS) is 12.1. The van der Waals surface area contributed by atoms with Gasteiger partial charge in [0.1, 0.15) is 11.5 Å². The molecule has 5 aromatic carbocycles. The first-order valence-corrected chi connectivity index (χ1v) is 15.7.